The van der Waals surface area contributed by atoms with E-state index in [1.165, 1.54) is 23.1 Å². The van der Waals surface area contributed by atoms with Crippen LogP contribution in [0.5, 0.6) is 0 Å². The van der Waals surface area contributed by atoms with E-state index in [1.54, 1.807) is 36.4 Å². The fraction of sp³-hybridized carbons (Fsp3) is 0.310. The van der Waals surface area contributed by atoms with Gasteiger partial charge in [0.25, 0.3) is 10.0 Å². The van der Waals surface area contributed by atoms with Gasteiger partial charge in [-0.1, -0.05) is 67.1 Å². The number of sulfonamides is 1. The van der Waals surface area contributed by atoms with Crippen LogP contribution in [0.1, 0.15) is 38.3 Å². The standard InChI is InChI=1S/C29H34ClN3O4S/c1-5-27(29(35)31-21(2)3)32(19-23-13-10-9-12-22(23)4)28(34)20-33(25-15-11-14-24(30)18-25)38(36,37)26-16-7-6-8-17-26/h6-18,21,27H,5,19-20H2,1-4H3,(H,31,35). The zero-order valence-corrected chi connectivity index (χ0v) is 23.7. The minimum Gasteiger partial charge on any atom is -0.352 e. The van der Waals surface area contributed by atoms with Gasteiger partial charge >= 0.3 is 0 Å². The van der Waals surface area contributed by atoms with Crippen molar-refractivity contribution < 1.29 is 18.0 Å². The number of aryl methyl sites for hydroxylation is 1. The van der Waals surface area contributed by atoms with Gasteiger partial charge in [0.1, 0.15) is 12.6 Å². The van der Waals surface area contributed by atoms with Crippen LogP contribution in [0, 0.1) is 6.92 Å². The largest absolute Gasteiger partial charge is 0.352 e. The highest BCUT2D eigenvalue weighted by Gasteiger charge is 2.34. The summed E-state index contributed by atoms with van der Waals surface area (Å²) in [5.41, 5.74) is 2.09. The lowest BCUT2D eigenvalue weighted by atomic mass is 10.1. The summed E-state index contributed by atoms with van der Waals surface area (Å²) in [6, 6.07) is 21.0. The molecule has 3 aromatic carbocycles. The Bertz CT molecular complexity index is 1360. The molecule has 0 bridgehead atoms. The molecule has 202 valence electrons. The van der Waals surface area contributed by atoms with E-state index < -0.39 is 28.5 Å². The summed E-state index contributed by atoms with van der Waals surface area (Å²) in [4.78, 5) is 28.7. The van der Waals surface area contributed by atoms with Gasteiger partial charge in [0.2, 0.25) is 11.8 Å². The van der Waals surface area contributed by atoms with Gasteiger partial charge in [-0.25, -0.2) is 8.42 Å². The molecule has 9 heteroatoms. The molecule has 38 heavy (non-hydrogen) atoms. The maximum Gasteiger partial charge on any atom is 0.264 e. The average molecular weight is 556 g/mol. The summed E-state index contributed by atoms with van der Waals surface area (Å²) in [5.74, 6) is -0.789. The van der Waals surface area contributed by atoms with Crippen LogP contribution in [-0.4, -0.2) is 43.8 Å². The van der Waals surface area contributed by atoms with Crippen LogP contribution in [-0.2, 0) is 26.2 Å². The van der Waals surface area contributed by atoms with Crippen molar-refractivity contribution in [3.05, 3.63) is 95.0 Å². The molecule has 0 saturated heterocycles. The van der Waals surface area contributed by atoms with Crippen molar-refractivity contribution in [2.24, 2.45) is 0 Å². The molecule has 1 N–H and O–H groups in total. The summed E-state index contributed by atoms with van der Waals surface area (Å²) in [7, 11) is -4.13. The molecule has 0 aliphatic carbocycles. The summed E-state index contributed by atoms with van der Waals surface area (Å²) in [6.07, 6.45) is 0.360. The molecule has 3 aromatic rings. The number of hydrogen-bond acceptors (Lipinski definition) is 4. The summed E-state index contributed by atoms with van der Waals surface area (Å²) in [5, 5.41) is 3.23. The molecular formula is C29H34ClN3O4S. The van der Waals surface area contributed by atoms with E-state index >= 15 is 0 Å². The van der Waals surface area contributed by atoms with Gasteiger partial charge in [0.15, 0.2) is 0 Å². The molecule has 0 fully saturated rings. The number of carbonyl (C=O) groups is 2. The molecule has 3 rings (SSSR count). The van der Waals surface area contributed by atoms with Gasteiger partial charge < -0.3 is 10.2 Å². The van der Waals surface area contributed by atoms with Crippen molar-refractivity contribution in [3.63, 3.8) is 0 Å². The van der Waals surface area contributed by atoms with E-state index in [9.17, 15) is 18.0 Å². The van der Waals surface area contributed by atoms with Crippen molar-refractivity contribution in [1.82, 2.24) is 10.2 Å². The highest BCUT2D eigenvalue weighted by Crippen LogP contribution is 2.27. The van der Waals surface area contributed by atoms with Gasteiger partial charge in [0, 0.05) is 17.6 Å². The molecule has 7 nitrogen and oxygen atoms in total. The van der Waals surface area contributed by atoms with Crippen LogP contribution in [0.4, 0.5) is 5.69 Å². The van der Waals surface area contributed by atoms with Crippen molar-refractivity contribution in [1.29, 1.82) is 0 Å². The summed E-state index contributed by atoms with van der Waals surface area (Å²) in [6.45, 7) is 7.12. The first kappa shape index (κ1) is 29.2. The quantitative estimate of drug-likeness (QED) is 0.353. The molecule has 0 aliphatic heterocycles. The highest BCUT2D eigenvalue weighted by atomic mass is 35.5. The Morgan fingerprint density at radius 1 is 0.947 bits per heavy atom. The third-order valence-electron chi connectivity index (χ3n) is 6.13. The molecule has 1 atom stereocenters. The number of nitrogens with one attached hydrogen (secondary N) is 1. The maximum absolute atomic E-state index is 14.0. The van der Waals surface area contributed by atoms with Crippen LogP contribution >= 0.6 is 11.6 Å². The third-order valence-corrected chi connectivity index (χ3v) is 8.15. The Labute approximate surface area is 230 Å². The maximum atomic E-state index is 14.0. The number of halogens is 1. The summed E-state index contributed by atoms with van der Waals surface area (Å²) < 4.78 is 28.6. The number of amides is 2. The second-order valence-corrected chi connectivity index (χ2v) is 11.6. The van der Waals surface area contributed by atoms with Gasteiger partial charge in [-0.3, -0.25) is 13.9 Å². The Hall–Kier alpha value is -3.36. The Morgan fingerprint density at radius 3 is 2.21 bits per heavy atom. The van der Waals surface area contributed by atoms with E-state index in [-0.39, 0.29) is 29.1 Å². The van der Waals surface area contributed by atoms with Crippen molar-refractivity contribution in [2.45, 2.75) is 57.6 Å². The third kappa shape index (κ3) is 7.14. The van der Waals surface area contributed by atoms with Crippen LogP contribution in [0.3, 0.4) is 0 Å². The number of benzene rings is 3. The smallest absolute Gasteiger partial charge is 0.264 e. The van der Waals surface area contributed by atoms with Gasteiger partial charge in [-0.2, -0.15) is 0 Å². The van der Waals surface area contributed by atoms with E-state index in [1.807, 2.05) is 52.0 Å². The van der Waals surface area contributed by atoms with Gasteiger partial charge in [-0.05, 0) is 68.7 Å². The van der Waals surface area contributed by atoms with Crippen LogP contribution in [0.2, 0.25) is 5.02 Å². The lowest BCUT2D eigenvalue weighted by molar-refractivity contribution is -0.140. The fourth-order valence-corrected chi connectivity index (χ4v) is 5.76. The zero-order chi connectivity index (χ0) is 27.9. The summed E-state index contributed by atoms with van der Waals surface area (Å²) >= 11 is 6.20. The molecule has 0 aliphatic rings. The number of nitrogens with zero attached hydrogens (tertiary/aromatic N) is 2. The SMILES string of the molecule is CCC(C(=O)NC(C)C)N(Cc1ccccc1C)C(=O)CN(c1cccc(Cl)c1)S(=O)(=O)c1ccccc1. The highest BCUT2D eigenvalue weighted by molar-refractivity contribution is 7.92. The molecule has 0 spiro atoms. The Morgan fingerprint density at radius 2 is 1.61 bits per heavy atom. The van der Waals surface area contributed by atoms with E-state index in [0.29, 0.717) is 11.4 Å². The predicted molar refractivity (Wildman–Crippen MR) is 152 cm³/mol. The van der Waals surface area contributed by atoms with Crippen molar-refractivity contribution in [2.75, 3.05) is 10.8 Å². The second-order valence-electron chi connectivity index (χ2n) is 9.34. The molecule has 0 saturated carbocycles. The van der Waals surface area contributed by atoms with E-state index in [2.05, 4.69) is 5.32 Å². The first-order chi connectivity index (χ1) is 18.0. The molecule has 2 amide bonds. The van der Waals surface area contributed by atoms with E-state index in [4.69, 9.17) is 11.6 Å². The predicted octanol–water partition coefficient (Wildman–Crippen LogP) is 5.18. The fourth-order valence-electron chi connectivity index (χ4n) is 4.15. The monoisotopic (exact) mass is 555 g/mol. The molecule has 0 radical (unpaired) electrons. The molecule has 1 unspecified atom stereocenters. The number of hydrogen-bond donors (Lipinski definition) is 1. The second kappa shape index (κ2) is 12.9. The topological polar surface area (TPSA) is 86.8 Å². The Kier molecular flexibility index (Phi) is 9.94. The molecule has 0 heterocycles. The normalized spacial score (nSPS) is 12.2. The zero-order valence-electron chi connectivity index (χ0n) is 22.1. The van der Waals surface area contributed by atoms with Gasteiger partial charge in [-0.15, -0.1) is 0 Å². The van der Waals surface area contributed by atoms with E-state index in [0.717, 1.165) is 15.4 Å². The minimum absolute atomic E-state index is 0.0443. The van der Waals surface area contributed by atoms with Crippen LogP contribution in [0.25, 0.3) is 0 Å². The number of carbonyl (C=O) groups excluding carboxylic acids is 2. The Balaban J connectivity index is 2.07. The first-order valence-electron chi connectivity index (χ1n) is 12.5. The minimum atomic E-state index is -4.13. The average Bonchev–Trinajstić information content (AvgIpc) is 2.88. The van der Waals surface area contributed by atoms with Crippen molar-refractivity contribution >= 4 is 39.1 Å². The molecular weight excluding hydrogens is 522 g/mol. The van der Waals surface area contributed by atoms with Crippen LogP contribution < -0.4 is 9.62 Å². The molecule has 0 aromatic heterocycles. The van der Waals surface area contributed by atoms with Gasteiger partial charge in [0.05, 0.1) is 10.6 Å². The number of rotatable bonds is 11. The lowest BCUT2D eigenvalue weighted by Gasteiger charge is -2.34. The lowest BCUT2D eigenvalue weighted by Crippen LogP contribution is -2.53. The first-order valence-corrected chi connectivity index (χ1v) is 14.3. The number of anilines is 1. The van der Waals surface area contributed by atoms with Crippen molar-refractivity contribution in [3.8, 4) is 0 Å². The van der Waals surface area contributed by atoms with Crippen LogP contribution in [0.15, 0.2) is 83.8 Å².